The molecule has 0 unspecified atom stereocenters. The average Bonchev–Trinajstić information content (AvgIpc) is 2.97. The molecule has 0 N–H and O–H groups in total. The molecule has 3 rings (SSSR count). The first-order chi connectivity index (χ1) is 11.8. The van der Waals surface area contributed by atoms with Gasteiger partial charge in [-0.2, -0.15) is 0 Å². The van der Waals surface area contributed by atoms with Gasteiger partial charge in [0, 0.05) is 11.8 Å². The van der Waals surface area contributed by atoms with E-state index >= 15 is 0 Å². The fourth-order valence-electron chi connectivity index (χ4n) is 2.39. The number of para-hydroxylation sites is 2. The second kappa shape index (κ2) is 7.80. The quantitative estimate of drug-likeness (QED) is 0.372. The first kappa shape index (κ1) is 16.3. The van der Waals surface area contributed by atoms with Crippen LogP contribution in [-0.4, -0.2) is 29.0 Å². The summed E-state index contributed by atoms with van der Waals surface area (Å²) in [5.74, 6) is 5.07. The van der Waals surface area contributed by atoms with Crippen LogP contribution in [-0.2, 0) is 6.54 Å². The lowest BCUT2D eigenvalue weighted by Crippen LogP contribution is -2.03. The molecule has 1 aromatic heterocycles. The highest BCUT2D eigenvalue weighted by Crippen LogP contribution is 2.24. The zero-order valence-electron chi connectivity index (χ0n) is 13.4. The third-order valence-corrected chi connectivity index (χ3v) is 4.43. The largest absolute Gasteiger partial charge is 0.497 e. The molecule has 0 atom stereocenters. The van der Waals surface area contributed by atoms with E-state index < -0.39 is 0 Å². The van der Waals surface area contributed by atoms with Crippen molar-refractivity contribution in [2.45, 2.75) is 11.7 Å². The molecule has 0 aliphatic carbocycles. The molecule has 0 saturated carbocycles. The first-order valence-corrected chi connectivity index (χ1v) is 8.59. The number of nitrogens with zero attached hydrogens (tertiary/aromatic N) is 2. The standard InChI is InChI=1S/C19H18N2O2S/c1-3-11-21-18-10-5-4-9-17(18)20-19(21)24-13-12-23-16-8-6-7-15(14-16)22-2/h1,4-10,14H,11-13H2,2H3. The molecule has 4 nitrogen and oxygen atoms in total. The van der Waals surface area contributed by atoms with Crippen LogP contribution in [0.5, 0.6) is 11.5 Å². The molecule has 1 heterocycles. The van der Waals surface area contributed by atoms with Gasteiger partial charge in [0.2, 0.25) is 0 Å². The highest BCUT2D eigenvalue weighted by Gasteiger charge is 2.10. The number of hydrogen-bond acceptors (Lipinski definition) is 4. The van der Waals surface area contributed by atoms with Gasteiger partial charge in [0.15, 0.2) is 5.16 Å². The Labute approximate surface area is 145 Å². The SMILES string of the molecule is C#CCn1c(SCCOc2cccc(OC)c2)nc2ccccc21. The van der Waals surface area contributed by atoms with Gasteiger partial charge >= 0.3 is 0 Å². The van der Waals surface area contributed by atoms with Gasteiger partial charge in [-0.3, -0.25) is 0 Å². The van der Waals surface area contributed by atoms with Gasteiger partial charge in [-0.1, -0.05) is 35.9 Å². The first-order valence-electron chi connectivity index (χ1n) is 7.60. The maximum Gasteiger partial charge on any atom is 0.170 e. The lowest BCUT2D eigenvalue weighted by molar-refractivity contribution is 0.339. The van der Waals surface area contributed by atoms with Gasteiger partial charge in [0.25, 0.3) is 0 Å². The van der Waals surface area contributed by atoms with Crippen molar-refractivity contribution in [3.05, 3.63) is 48.5 Å². The summed E-state index contributed by atoms with van der Waals surface area (Å²) in [4.78, 5) is 4.66. The Morgan fingerprint density at radius 2 is 2.00 bits per heavy atom. The van der Waals surface area contributed by atoms with E-state index in [2.05, 4.69) is 15.5 Å². The van der Waals surface area contributed by atoms with Crippen LogP contribution in [0, 0.1) is 12.3 Å². The fourth-order valence-corrected chi connectivity index (χ4v) is 3.22. The lowest BCUT2D eigenvalue weighted by Gasteiger charge is -2.08. The van der Waals surface area contributed by atoms with Gasteiger partial charge in [0.05, 0.1) is 31.3 Å². The molecule has 5 heteroatoms. The molecule has 2 aromatic carbocycles. The van der Waals surface area contributed by atoms with Crippen LogP contribution in [0.4, 0.5) is 0 Å². The highest BCUT2D eigenvalue weighted by atomic mass is 32.2. The smallest absolute Gasteiger partial charge is 0.170 e. The van der Waals surface area contributed by atoms with E-state index in [0.717, 1.165) is 33.4 Å². The predicted octanol–water partition coefficient (Wildman–Crippen LogP) is 3.85. The van der Waals surface area contributed by atoms with Gasteiger partial charge in [-0.15, -0.1) is 6.42 Å². The van der Waals surface area contributed by atoms with Crippen LogP contribution < -0.4 is 9.47 Å². The normalized spacial score (nSPS) is 10.5. The Balaban J connectivity index is 1.63. The molecule has 0 saturated heterocycles. The summed E-state index contributed by atoms with van der Waals surface area (Å²) in [5.41, 5.74) is 2.02. The van der Waals surface area contributed by atoms with Crippen molar-refractivity contribution in [2.75, 3.05) is 19.5 Å². The van der Waals surface area contributed by atoms with Gasteiger partial charge in [-0.25, -0.2) is 4.98 Å². The number of imidazole rings is 1. The second-order valence-electron chi connectivity index (χ2n) is 5.05. The molecule has 0 aliphatic heterocycles. The van der Waals surface area contributed by atoms with E-state index in [1.807, 2.05) is 48.5 Å². The zero-order chi connectivity index (χ0) is 16.8. The molecule has 0 spiro atoms. The molecule has 0 amide bonds. The maximum atomic E-state index is 5.77. The summed E-state index contributed by atoms with van der Waals surface area (Å²) in [5, 5.41) is 0.920. The molecule has 0 bridgehead atoms. The maximum absolute atomic E-state index is 5.77. The van der Waals surface area contributed by atoms with E-state index in [0.29, 0.717) is 13.2 Å². The molecule has 24 heavy (non-hydrogen) atoms. The van der Waals surface area contributed by atoms with Crippen LogP contribution in [0.25, 0.3) is 11.0 Å². The van der Waals surface area contributed by atoms with Crippen molar-refractivity contribution in [1.82, 2.24) is 9.55 Å². The number of benzene rings is 2. The van der Waals surface area contributed by atoms with Crippen molar-refractivity contribution in [3.8, 4) is 23.8 Å². The van der Waals surface area contributed by atoms with Crippen molar-refractivity contribution < 1.29 is 9.47 Å². The summed E-state index contributed by atoms with van der Waals surface area (Å²) in [7, 11) is 1.64. The van der Waals surface area contributed by atoms with Crippen LogP contribution in [0.1, 0.15) is 0 Å². The summed E-state index contributed by atoms with van der Waals surface area (Å²) in [6, 6.07) is 15.6. The molecule has 0 fully saturated rings. The Morgan fingerprint density at radius 3 is 2.83 bits per heavy atom. The number of hydrogen-bond donors (Lipinski definition) is 0. The number of terminal acetylenes is 1. The highest BCUT2D eigenvalue weighted by molar-refractivity contribution is 7.99. The molecule has 0 aliphatic rings. The minimum Gasteiger partial charge on any atom is -0.497 e. The number of methoxy groups -OCH3 is 1. The minimum atomic E-state index is 0.513. The number of fused-ring (bicyclic) bond motifs is 1. The van der Waals surface area contributed by atoms with Gasteiger partial charge in [-0.05, 0) is 24.3 Å². The molecule has 0 radical (unpaired) electrons. The predicted molar refractivity (Wildman–Crippen MR) is 97.8 cm³/mol. The number of rotatable bonds is 7. The topological polar surface area (TPSA) is 36.3 Å². The Kier molecular flexibility index (Phi) is 5.29. The molecular weight excluding hydrogens is 320 g/mol. The van der Waals surface area contributed by atoms with Crippen LogP contribution >= 0.6 is 11.8 Å². The number of ether oxygens (including phenoxy) is 2. The summed E-state index contributed by atoms with van der Waals surface area (Å²) >= 11 is 1.64. The molecule has 3 aromatic rings. The van der Waals surface area contributed by atoms with Crippen LogP contribution in [0.2, 0.25) is 0 Å². The van der Waals surface area contributed by atoms with Gasteiger partial charge in [0.1, 0.15) is 11.5 Å². The van der Waals surface area contributed by atoms with Crippen molar-refractivity contribution in [1.29, 1.82) is 0 Å². The van der Waals surface area contributed by atoms with E-state index in [-0.39, 0.29) is 0 Å². The van der Waals surface area contributed by atoms with Crippen LogP contribution in [0.15, 0.2) is 53.7 Å². The monoisotopic (exact) mass is 338 g/mol. The average molecular weight is 338 g/mol. The Hall–Kier alpha value is -2.58. The summed E-state index contributed by atoms with van der Waals surface area (Å²) < 4.78 is 13.0. The minimum absolute atomic E-state index is 0.513. The van der Waals surface area contributed by atoms with Crippen LogP contribution in [0.3, 0.4) is 0 Å². The fraction of sp³-hybridized carbons (Fsp3) is 0.211. The van der Waals surface area contributed by atoms with Crippen molar-refractivity contribution in [2.24, 2.45) is 0 Å². The van der Waals surface area contributed by atoms with Gasteiger partial charge < -0.3 is 14.0 Å². The summed E-state index contributed by atoms with van der Waals surface area (Å²) in [6.45, 7) is 1.09. The van der Waals surface area contributed by atoms with E-state index in [4.69, 9.17) is 15.9 Å². The lowest BCUT2D eigenvalue weighted by atomic mass is 10.3. The third-order valence-electron chi connectivity index (χ3n) is 3.49. The molecule has 122 valence electrons. The summed E-state index contributed by atoms with van der Waals surface area (Å²) in [6.07, 6.45) is 5.49. The second-order valence-corrected chi connectivity index (χ2v) is 6.11. The van der Waals surface area contributed by atoms with E-state index in [1.54, 1.807) is 18.9 Å². The third kappa shape index (κ3) is 3.66. The van der Waals surface area contributed by atoms with Crippen molar-refractivity contribution in [3.63, 3.8) is 0 Å². The van der Waals surface area contributed by atoms with Crippen molar-refractivity contribution >= 4 is 22.8 Å². The number of thioether (sulfide) groups is 1. The van der Waals surface area contributed by atoms with E-state index in [9.17, 15) is 0 Å². The number of aromatic nitrogens is 2. The Bertz CT molecular complexity index is 867. The van der Waals surface area contributed by atoms with E-state index in [1.165, 1.54) is 0 Å². The molecular formula is C19H18N2O2S. The Morgan fingerprint density at radius 1 is 1.17 bits per heavy atom. The zero-order valence-corrected chi connectivity index (χ0v) is 14.3.